The minimum atomic E-state index is -0.765. The molecule has 0 bridgehead atoms. The number of amides is 1. The summed E-state index contributed by atoms with van der Waals surface area (Å²) in [5, 5.41) is 11.0. The molecule has 1 N–H and O–H groups in total. The number of benzene rings is 2. The number of aliphatic hydroxyl groups excluding tert-OH is 1. The highest BCUT2D eigenvalue weighted by molar-refractivity contribution is 6.46. The van der Waals surface area contributed by atoms with Crippen LogP contribution in [0.1, 0.15) is 22.9 Å². The summed E-state index contributed by atoms with van der Waals surface area (Å²) in [6, 6.07) is 18.5. The van der Waals surface area contributed by atoms with E-state index in [0.29, 0.717) is 29.2 Å². The molecule has 2 heterocycles. The lowest BCUT2D eigenvalue weighted by Crippen LogP contribution is -2.29. The third-order valence-electron chi connectivity index (χ3n) is 5.06. The van der Waals surface area contributed by atoms with Crippen LogP contribution < -0.4 is 4.74 Å². The van der Waals surface area contributed by atoms with Crippen molar-refractivity contribution in [3.8, 4) is 5.75 Å². The molecule has 0 saturated carbocycles. The van der Waals surface area contributed by atoms with Crippen LogP contribution in [0, 0.1) is 0 Å². The van der Waals surface area contributed by atoms with Crippen molar-refractivity contribution in [3.63, 3.8) is 0 Å². The van der Waals surface area contributed by atoms with Gasteiger partial charge in [-0.25, -0.2) is 0 Å². The second-order valence-corrected chi connectivity index (χ2v) is 7.04. The molecule has 1 atom stereocenters. The number of carbonyl (C=O) groups excluding carboxylic acids is 2. The first-order valence-corrected chi connectivity index (χ1v) is 9.80. The zero-order chi connectivity index (χ0) is 21.8. The Balaban J connectivity index is 1.80. The van der Waals surface area contributed by atoms with Crippen molar-refractivity contribution in [2.75, 3.05) is 6.61 Å². The van der Waals surface area contributed by atoms with Crippen LogP contribution >= 0.6 is 0 Å². The standard InChI is InChI=1S/C25H21NO5/c1-2-14-30-19-12-10-17(11-13-19)22-21(23(27)18-7-4-3-5-8-18)24(28)25(29)26(22)16-20-9-6-15-31-20/h2-13,15,22,27H,1,14,16H2/b23-21+. The quantitative estimate of drug-likeness (QED) is 0.267. The molecule has 1 amide bonds. The molecular weight excluding hydrogens is 394 g/mol. The number of carbonyl (C=O) groups is 2. The fourth-order valence-corrected chi connectivity index (χ4v) is 3.61. The summed E-state index contributed by atoms with van der Waals surface area (Å²) < 4.78 is 10.9. The van der Waals surface area contributed by atoms with Gasteiger partial charge in [0.2, 0.25) is 0 Å². The van der Waals surface area contributed by atoms with Gasteiger partial charge in [0.25, 0.3) is 11.7 Å². The van der Waals surface area contributed by atoms with E-state index in [1.807, 2.05) is 6.07 Å². The Hall–Kier alpha value is -4.06. The maximum Gasteiger partial charge on any atom is 0.296 e. The van der Waals surface area contributed by atoms with Gasteiger partial charge < -0.3 is 19.2 Å². The normalized spacial score (nSPS) is 17.7. The van der Waals surface area contributed by atoms with Crippen molar-refractivity contribution in [1.29, 1.82) is 0 Å². The SMILES string of the molecule is C=CCOc1ccc(C2/C(=C(\O)c3ccccc3)C(=O)C(=O)N2Cc2ccco2)cc1. The molecule has 1 aliphatic rings. The summed E-state index contributed by atoms with van der Waals surface area (Å²) in [5.41, 5.74) is 1.19. The molecule has 1 aromatic heterocycles. The summed E-state index contributed by atoms with van der Waals surface area (Å²) in [7, 11) is 0. The highest BCUT2D eigenvalue weighted by Crippen LogP contribution is 2.40. The Morgan fingerprint density at radius 3 is 2.45 bits per heavy atom. The lowest BCUT2D eigenvalue weighted by Gasteiger charge is -2.24. The number of furan rings is 1. The highest BCUT2D eigenvalue weighted by atomic mass is 16.5. The molecule has 6 heteroatoms. The molecule has 0 aliphatic carbocycles. The summed E-state index contributed by atoms with van der Waals surface area (Å²) in [5.74, 6) is -0.458. The van der Waals surface area contributed by atoms with Gasteiger partial charge in [0.1, 0.15) is 23.9 Å². The van der Waals surface area contributed by atoms with Gasteiger partial charge in [0.15, 0.2) is 0 Å². The summed E-state index contributed by atoms with van der Waals surface area (Å²) in [4.78, 5) is 27.3. The van der Waals surface area contributed by atoms with Gasteiger partial charge >= 0.3 is 0 Å². The molecule has 1 fully saturated rings. The average Bonchev–Trinajstić information content (AvgIpc) is 3.41. The van der Waals surface area contributed by atoms with Gasteiger partial charge in [-0.1, -0.05) is 55.1 Å². The van der Waals surface area contributed by atoms with Crippen molar-refractivity contribution >= 4 is 17.4 Å². The molecule has 31 heavy (non-hydrogen) atoms. The van der Waals surface area contributed by atoms with Crippen molar-refractivity contribution in [3.05, 3.63) is 108 Å². The van der Waals surface area contributed by atoms with E-state index in [2.05, 4.69) is 6.58 Å². The zero-order valence-corrected chi connectivity index (χ0v) is 16.7. The maximum atomic E-state index is 13.0. The molecule has 4 rings (SSSR count). The van der Waals surface area contributed by atoms with Gasteiger partial charge in [0.05, 0.1) is 24.4 Å². The van der Waals surface area contributed by atoms with Gasteiger partial charge in [-0.15, -0.1) is 0 Å². The van der Waals surface area contributed by atoms with E-state index in [-0.39, 0.29) is 17.9 Å². The number of ketones is 1. The Bertz CT molecular complexity index is 1110. The lowest BCUT2D eigenvalue weighted by molar-refractivity contribution is -0.140. The molecule has 0 spiro atoms. The number of hydrogen-bond acceptors (Lipinski definition) is 5. The van der Waals surface area contributed by atoms with Gasteiger partial charge in [-0.05, 0) is 29.8 Å². The molecular formula is C25H21NO5. The fraction of sp³-hybridized carbons (Fsp3) is 0.120. The molecule has 1 unspecified atom stereocenters. The van der Waals surface area contributed by atoms with Crippen LogP contribution in [0.5, 0.6) is 5.75 Å². The minimum absolute atomic E-state index is 0.0440. The number of ether oxygens (including phenoxy) is 1. The summed E-state index contributed by atoms with van der Waals surface area (Å²) in [6.07, 6.45) is 3.16. The number of aliphatic hydroxyl groups is 1. The van der Waals surface area contributed by atoms with Crippen LogP contribution in [-0.2, 0) is 16.1 Å². The van der Waals surface area contributed by atoms with Crippen LogP contribution in [0.4, 0.5) is 0 Å². The monoisotopic (exact) mass is 415 g/mol. The van der Waals surface area contributed by atoms with E-state index < -0.39 is 17.7 Å². The Morgan fingerprint density at radius 2 is 1.81 bits per heavy atom. The fourth-order valence-electron chi connectivity index (χ4n) is 3.61. The Morgan fingerprint density at radius 1 is 1.06 bits per heavy atom. The van der Waals surface area contributed by atoms with Gasteiger partial charge in [-0.2, -0.15) is 0 Å². The number of likely N-dealkylation sites (tertiary alicyclic amines) is 1. The largest absolute Gasteiger partial charge is 0.507 e. The molecule has 3 aromatic rings. The summed E-state index contributed by atoms with van der Waals surface area (Å²) >= 11 is 0. The van der Waals surface area contributed by atoms with E-state index in [1.54, 1.807) is 66.7 Å². The molecule has 1 saturated heterocycles. The minimum Gasteiger partial charge on any atom is -0.507 e. The second-order valence-electron chi connectivity index (χ2n) is 7.04. The highest BCUT2D eigenvalue weighted by Gasteiger charge is 2.46. The van der Waals surface area contributed by atoms with Crippen molar-refractivity contribution in [2.24, 2.45) is 0 Å². The first-order chi connectivity index (χ1) is 15.1. The maximum absolute atomic E-state index is 13.0. The van der Waals surface area contributed by atoms with Crippen molar-refractivity contribution in [1.82, 2.24) is 4.90 Å². The first-order valence-electron chi connectivity index (χ1n) is 9.80. The molecule has 156 valence electrons. The number of Topliss-reactive ketones (excluding diaryl/α,β-unsaturated/α-hetero) is 1. The molecule has 2 aromatic carbocycles. The van der Waals surface area contributed by atoms with Crippen LogP contribution in [0.15, 0.2) is 95.6 Å². The summed E-state index contributed by atoms with van der Waals surface area (Å²) in [6.45, 7) is 4.09. The van der Waals surface area contributed by atoms with E-state index >= 15 is 0 Å². The molecule has 6 nitrogen and oxygen atoms in total. The van der Waals surface area contributed by atoms with Gasteiger partial charge in [0, 0.05) is 5.56 Å². The van der Waals surface area contributed by atoms with Crippen LogP contribution in [0.2, 0.25) is 0 Å². The third kappa shape index (κ3) is 4.00. The van der Waals surface area contributed by atoms with Crippen LogP contribution in [0.3, 0.4) is 0 Å². The first kappa shape index (κ1) is 20.2. The van der Waals surface area contributed by atoms with Crippen molar-refractivity contribution < 1.29 is 23.8 Å². The van der Waals surface area contributed by atoms with E-state index in [1.165, 1.54) is 11.2 Å². The van der Waals surface area contributed by atoms with E-state index in [4.69, 9.17) is 9.15 Å². The number of rotatable bonds is 7. The third-order valence-corrected chi connectivity index (χ3v) is 5.06. The average molecular weight is 415 g/mol. The molecule has 0 radical (unpaired) electrons. The lowest BCUT2D eigenvalue weighted by atomic mass is 9.95. The van der Waals surface area contributed by atoms with E-state index in [9.17, 15) is 14.7 Å². The van der Waals surface area contributed by atoms with Crippen molar-refractivity contribution in [2.45, 2.75) is 12.6 Å². The number of nitrogens with zero attached hydrogens (tertiary/aromatic N) is 1. The Labute approximate surface area is 179 Å². The zero-order valence-electron chi connectivity index (χ0n) is 16.7. The van der Waals surface area contributed by atoms with Crippen LogP contribution in [0.25, 0.3) is 5.76 Å². The second kappa shape index (κ2) is 8.75. The van der Waals surface area contributed by atoms with Gasteiger partial charge in [-0.3, -0.25) is 9.59 Å². The topological polar surface area (TPSA) is 80.0 Å². The smallest absolute Gasteiger partial charge is 0.296 e. The predicted molar refractivity (Wildman–Crippen MR) is 115 cm³/mol. The number of hydrogen-bond donors (Lipinski definition) is 1. The van der Waals surface area contributed by atoms with Crippen LogP contribution in [-0.4, -0.2) is 28.3 Å². The predicted octanol–water partition coefficient (Wildman–Crippen LogP) is 4.47. The molecule has 1 aliphatic heterocycles. The Kier molecular flexibility index (Phi) is 5.71. The van der Waals surface area contributed by atoms with E-state index in [0.717, 1.165) is 0 Å².